The Labute approximate surface area is 123 Å². The molecule has 1 aromatic carbocycles. The van der Waals surface area contributed by atoms with Crippen LogP contribution in [0.15, 0.2) is 12.1 Å². The van der Waals surface area contributed by atoms with E-state index >= 15 is 0 Å². The predicted octanol–water partition coefficient (Wildman–Crippen LogP) is 3.71. The molecule has 0 saturated heterocycles. The molecule has 3 rings (SSSR count). The average Bonchev–Trinajstić information content (AvgIpc) is 2.36. The molecule has 1 aliphatic rings. The molecular weight excluding hydrogens is 276 g/mol. The third-order valence-corrected chi connectivity index (χ3v) is 4.19. The highest BCUT2D eigenvalue weighted by atomic mass is 35.5. The van der Waals surface area contributed by atoms with E-state index in [4.69, 9.17) is 34.5 Å². The van der Waals surface area contributed by atoms with Gasteiger partial charge in [0.2, 0.25) is 0 Å². The quantitative estimate of drug-likeness (QED) is 0.814. The fourth-order valence-corrected chi connectivity index (χ4v) is 3.44. The number of halogens is 1. The van der Waals surface area contributed by atoms with E-state index in [9.17, 15) is 0 Å². The maximum atomic E-state index is 6.17. The summed E-state index contributed by atoms with van der Waals surface area (Å²) in [6.45, 7) is 2.03. The lowest BCUT2D eigenvalue weighted by Crippen LogP contribution is -2.18. The first-order valence-corrected chi connectivity index (χ1v) is 7.28. The van der Waals surface area contributed by atoms with E-state index in [0.29, 0.717) is 10.0 Å². The van der Waals surface area contributed by atoms with Crippen molar-refractivity contribution >= 4 is 39.7 Å². The molecule has 2 aromatic rings. The molecule has 1 heterocycles. The third kappa shape index (κ3) is 2.11. The Kier molecular flexibility index (Phi) is 3.19. The molecule has 0 saturated carbocycles. The van der Waals surface area contributed by atoms with Gasteiger partial charge in [-0.05, 0) is 55.9 Å². The van der Waals surface area contributed by atoms with Crippen LogP contribution in [0.3, 0.4) is 0 Å². The predicted molar refractivity (Wildman–Crippen MR) is 84.0 cm³/mol. The Morgan fingerprint density at radius 3 is 2.79 bits per heavy atom. The Morgan fingerprint density at radius 2 is 2.05 bits per heavy atom. The topological polar surface area (TPSA) is 38.9 Å². The molecule has 2 N–H and O–H groups in total. The molecule has 0 radical (unpaired) electrons. The normalized spacial score (nSPS) is 14.4. The summed E-state index contributed by atoms with van der Waals surface area (Å²) in [6.07, 6.45) is 4.39. The highest BCUT2D eigenvalue weighted by Gasteiger charge is 2.20. The van der Waals surface area contributed by atoms with Crippen LogP contribution in [0.2, 0.25) is 5.02 Å². The van der Waals surface area contributed by atoms with Gasteiger partial charge in [-0.2, -0.15) is 0 Å². The second kappa shape index (κ2) is 4.73. The van der Waals surface area contributed by atoms with Gasteiger partial charge in [-0.15, -0.1) is 0 Å². The van der Waals surface area contributed by atoms with Crippen LogP contribution in [0, 0.1) is 6.92 Å². The van der Waals surface area contributed by atoms with E-state index < -0.39 is 0 Å². The fraction of sp³-hybridized carbons (Fsp3) is 0.333. The molecular formula is C15H15ClN2S. The van der Waals surface area contributed by atoms with Crippen LogP contribution >= 0.6 is 23.8 Å². The molecule has 0 unspecified atom stereocenters. The van der Waals surface area contributed by atoms with Gasteiger partial charge in [-0.3, -0.25) is 4.98 Å². The summed E-state index contributed by atoms with van der Waals surface area (Å²) in [6, 6.07) is 3.87. The number of thiocarbonyl (C=S) groups is 1. The van der Waals surface area contributed by atoms with E-state index in [1.54, 1.807) is 0 Å². The summed E-state index contributed by atoms with van der Waals surface area (Å²) in [5, 5.41) is 1.71. The zero-order valence-electron chi connectivity index (χ0n) is 10.8. The number of pyridine rings is 1. The Hall–Kier alpha value is -1.19. The number of aryl methyl sites for hydroxylation is 2. The van der Waals surface area contributed by atoms with E-state index in [0.717, 1.165) is 40.6 Å². The van der Waals surface area contributed by atoms with Gasteiger partial charge in [0.05, 0.1) is 5.52 Å². The SMILES string of the molecule is Cc1cc(Cl)cc2c(C(N)=S)c3c(nc12)CCCC3. The first-order chi connectivity index (χ1) is 9.08. The van der Waals surface area contributed by atoms with Crippen LogP contribution in [-0.4, -0.2) is 9.97 Å². The molecule has 1 aromatic heterocycles. The first kappa shape index (κ1) is 12.8. The van der Waals surface area contributed by atoms with Gasteiger partial charge in [0.1, 0.15) is 4.99 Å². The molecule has 0 bridgehead atoms. The number of aromatic nitrogens is 1. The zero-order chi connectivity index (χ0) is 13.6. The Morgan fingerprint density at radius 1 is 1.32 bits per heavy atom. The van der Waals surface area contributed by atoms with Gasteiger partial charge < -0.3 is 5.73 Å². The molecule has 0 atom stereocenters. The lowest BCUT2D eigenvalue weighted by atomic mass is 9.89. The van der Waals surface area contributed by atoms with Crippen molar-refractivity contribution in [1.29, 1.82) is 0 Å². The average molecular weight is 291 g/mol. The highest BCUT2D eigenvalue weighted by molar-refractivity contribution is 7.80. The molecule has 0 fully saturated rings. The highest BCUT2D eigenvalue weighted by Crippen LogP contribution is 2.32. The minimum atomic E-state index is 0.451. The molecule has 2 nitrogen and oxygen atoms in total. The molecule has 0 aliphatic heterocycles. The molecule has 98 valence electrons. The first-order valence-electron chi connectivity index (χ1n) is 6.49. The molecule has 0 amide bonds. The lowest BCUT2D eigenvalue weighted by molar-refractivity contribution is 0.670. The lowest BCUT2D eigenvalue weighted by Gasteiger charge is -2.21. The van der Waals surface area contributed by atoms with Gasteiger partial charge in [0.15, 0.2) is 0 Å². The summed E-state index contributed by atoms with van der Waals surface area (Å²) < 4.78 is 0. The second-order valence-electron chi connectivity index (χ2n) is 5.10. The van der Waals surface area contributed by atoms with Crippen LogP contribution < -0.4 is 5.73 Å². The van der Waals surface area contributed by atoms with Crippen molar-refractivity contribution in [3.8, 4) is 0 Å². The maximum absolute atomic E-state index is 6.17. The fourth-order valence-electron chi connectivity index (χ4n) is 2.94. The van der Waals surface area contributed by atoms with Crippen molar-refractivity contribution in [1.82, 2.24) is 4.98 Å². The minimum Gasteiger partial charge on any atom is -0.389 e. The number of hydrogen-bond acceptors (Lipinski definition) is 2. The van der Waals surface area contributed by atoms with Crippen LogP contribution in [0.5, 0.6) is 0 Å². The van der Waals surface area contributed by atoms with E-state index in [2.05, 4.69) is 0 Å². The van der Waals surface area contributed by atoms with Crippen LogP contribution in [0.4, 0.5) is 0 Å². The Balaban J connectivity index is 2.46. The van der Waals surface area contributed by atoms with Crippen LogP contribution in [0.1, 0.15) is 35.2 Å². The number of benzene rings is 1. The van der Waals surface area contributed by atoms with Gasteiger partial charge in [-0.25, -0.2) is 0 Å². The van der Waals surface area contributed by atoms with Gasteiger partial charge in [0.25, 0.3) is 0 Å². The van der Waals surface area contributed by atoms with Crippen LogP contribution in [-0.2, 0) is 12.8 Å². The van der Waals surface area contributed by atoms with Crippen LogP contribution in [0.25, 0.3) is 10.9 Å². The van der Waals surface area contributed by atoms with Crippen molar-refractivity contribution in [3.05, 3.63) is 39.5 Å². The molecule has 0 spiro atoms. The second-order valence-corrected chi connectivity index (χ2v) is 5.98. The maximum Gasteiger partial charge on any atom is 0.105 e. The van der Waals surface area contributed by atoms with Crippen molar-refractivity contribution in [2.45, 2.75) is 32.6 Å². The number of fused-ring (bicyclic) bond motifs is 2. The van der Waals surface area contributed by atoms with Crippen molar-refractivity contribution < 1.29 is 0 Å². The number of hydrogen-bond donors (Lipinski definition) is 1. The monoisotopic (exact) mass is 290 g/mol. The zero-order valence-corrected chi connectivity index (χ0v) is 12.4. The molecule has 4 heteroatoms. The van der Waals surface area contributed by atoms with Gasteiger partial charge in [0, 0.05) is 21.7 Å². The Bertz CT molecular complexity index is 694. The van der Waals surface area contributed by atoms with E-state index in [1.165, 1.54) is 18.4 Å². The van der Waals surface area contributed by atoms with Gasteiger partial charge >= 0.3 is 0 Å². The van der Waals surface area contributed by atoms with Crippen molar-refractivity contribution in [2.75, 3.05) is 0 Å². The number of nitrogens with zero attached hydrogens (tertiary/aromatic N) is 1. The van der Waals surface area contributed by atoms with E-state index in [-0.39, 0.29) is 0 Å². The van der Waals surface area contributed by atoms with Gasteiger partial charge in [-0.1, -0.05) is 23.8 Å². The summed E-state index contributed by atoms with van der Waals surface area (Å²) in [5.74, 6) is 0. The smallest absolute Gasteiger partial charge is 0.105 e. The summed E-state index contributed by atoms with van der Waals surface area (Å²) in [5.41, 5.74) is 11.4. The van der Waals surface area contributed by atoms with E-state index in [1.807, 2.05) is 19.1 Å². The number of nitrogens with two attached hydrogens (primary N) is 1. The summed E-state index contributed by atoms with van der Waals surface area (Å²) in [4.78, 5) is 5.28. The summed E-state index contributed by atoms with van der Waals surface area (Å²) >= 11 is 11.4. The largest absolute Gasteiger partial charge is 0.389 e. The third-order valence-electron chi connectivity index (χ3n) is 3.77. The number of rotatable bonds is 1. The molecule has 19 heavy (non-hydrogen) atoms. The van der Waals surface area contributed by atoms with Crippen molar-refractivity contribution in [2.24, 2.45) is 5.73 Å². The molecule has 1 aliphatic carbocycles. The van der Waals surface area contributed by atoms with Crippen molar-refractivity contribution in [3.63, 3.8) is 0 Å². The minimum absolute atomic E-state index is 0.451. The standard InChI is InChI=1S/C15H15ClN2S/c1-8-6-9(16)7-11-13(15(17)19)10-4-2-3-5-12(10)18-14(8)11/h6-7H,2-5H2,1H3,(H2,17,19). The summed E-state index contributed by atoms with van der Waals surface area (Å²) in [7, 11) is 0.